The Labute approximate surface area is 115 Å². The summed E-state index contributed by atoms with van der Waals surface area (Å²) in [5, 5.41) is 0. The van der Waals surface area contributed by atoms with Gasteiger partial charge in [-0.3, -0.25) is 0 Å². The second-order valence-electron chi connectivity index (χ2n) is 5.56. The Balaban J connectivity index is 2.13. The molecule has 1 aliphatic rings. The van der Waals surface area contributed by atoms with Crippen molar-refractivity contribution < 1.29 is 4.74 Å². The third-order valence-electron chi connectivity index (χ3n) is 4.06. The Bertz CT molecular complexity index is 427. The molecule has 0 amide bonds. The quantitative estimate of drug-likeness (QED) is 0.897. The number of aromatic nitrogens is 2. The summed E-state index contributed by atoms with van der Waals surface area (Å²) in [4.78, 5) is 10.9. The van der Waals surface area contributed by atoms with Crippen LogP contribution in [0, 0.1) is 12.3 Å². The van der Waals surface area contributed by atoms with Crippen LogP contribution in [0.1, 0.15) is 32.3 Å². The summed E-state index contributed by atoms with van der Waals surface area (Å²) in [5.41, 5.74) is 7.16. The third kappa shape index (κ3) is 2.97. The summed E-state index contributed by atoms with van der Waals surface area (Å²) >= 11 is 0. The molecular formula is C14H24N4O. The lowest BCUT2D eigenvalue weighted by Gasteiger charge is -2.39. The fourth-order valence-electron chi connectivity index (χ4n) is 2.49. The number of nitrogens with two attached hydrogens (primary N) is 1. The highest BCUT2D eigenvalue weighted by Crippen LogP contribution is 2.33. The lowest BCUT2D eigenvalue weighted by Crippen LogP contribution is -2.42. The van der Waals surface area contributed by atoms with Crippen molar-refractivity contribution in [2.75, 3.05) is 31.1 Å². The van der Waals surface area contributed by atoms with Crippen LogP contribution < -0.4 is 15.4 Å². The maximum atomic E-state index is 5.85. The van der Waals surface area contributed by atoms with Gasteiger partial charge < -0.3 is 15.4 Å². The van der Waals surface area contributed by atoms with Crippen LogP contribution in [0.4, 0.5) is 5.82 Å². The van der Waals surface area contributed by atoms with Crippen molar-refractivity contribution in [1.29, 1.82) is 0 Å². The first-order valence-electron chi connectivity index (χ1n) is 6.99. The van der Waals surface area contributed by atoms with Gasteiger partial charge in [0.25, 0.3) is 0 Å². The van der Waals surface area contributed by atoms with Crippen molar-refractivity contribution >= 4 is 5.82 Å². The molecule has 106 valence electrons. The first-order valence-corrected chi connectivity index (χ1v) is 6.99. The van der Waals surface area contributed by atoms with Gasteiger partial charge in [0.15, 0.2) is 0 Å². The van der Waals surface area contributed by atoms with E-state index in [1.165, 1.54) is 0 Å². The first-order chi connectivity index (χ1) is 9.09. The zero-order valence-corrected chi connectivity index (χ0v) is 12.1. The minimum atomic E-state index is 0.278. The molecule has 5 nitrogen and oxygen atoms in total. The van der Waals surface area contributed by atoms with E-state index < -0.39 is 0 Å². The minimum absolute atomic E-state index is 0.278. The largest absolute Gasteiger partial charge is 0.478 e. The van der Waals surface area contributed by atoms with Crippen LogP contribution in [-0.2, 0) is 0 Å². The van der Waals surface area contributed by atoms with E-state index in [4.69, 9.17) is 10.5 Å². The topological polar surface area (TPSA) is 64.3 Å². The van der Waals surface area contributed by atoms with Crippen molar-refractivity contribution in [3.63, 3.8) is 0 Å². The van der Waals surface area contributed by atoms with Gasteiger partial charge in [0.05, 0.1) is 12.2 Å². The number of nitrogens with zero attached hydrogens (tertiary/aromatic N) is 3. The number of anilines is 1. The zero-order valence-electron chi connectivity index (χ0n) is 12.1. The van der Waals surface area contributed by atoms with Crippen LogP contribution in [0.3, 0.4) is 0 Å². The number of hydrogen-bond donors (Lipinski definition) is 1. The molecule has 0 atom stereocenters. The summed E-state index contributed by atoms with van der Waals surface area (Å²) < 4.78 is 5.53. The second kappa shape index (κ2) is 5.74. The highest BCUT2D eigenvalue weighted by Gasteiger charge is 2.30. The molecule has 0 aliphatic carbocycles. The summed E-state index contributed by atoms with van der Waals surface area (Å²) in [6.45, 7) is 9.64. The molecule has 5 heteroatoms. The summed E-state index contributed by atoms with van der Waals surface area (Å²) in [6, 6.07) is 0. The average Bonchev–Trinajstić information content (AvgIpc) is 2.43. The monoisotopic (exact) mass is 264 g/mol. The fourth-order valence-corrected chi connectivity index (χ4v) is 2.49. The van der Waals surface area contributed by atoms with E-state index in [2.05, 4.69) is 21.8 Å². The van der Waals surface area contributed by atoms with Gasteiger partial charge in [0, 0.05) is 13.1 Å². The van der Waals surface area contributed by atoms with Crippen molar-refractivity contribution in [3.8, 4) is 5.88 Å². The third-order valence-corrected chi connectivity index (χ3v) is 4.06. The molecule has 1 aromatic heterocycles. The van der Waals surface area contributed by atoms with E-state index in [-0.39, 0.29) is 5.41 Å². The van der Waals surface area contributed by atoms with Crippen LogP contribution in [0.25, 0.3) is 0 Å². The van der Waals surface area contributed by atoms with Gasteiger partial charge in [-0.1, -0.05) is 6.92 Å². The van der Waals surface area contributed by atoms with Gasteiger partial charge in [-0.15, -0.1) is 0 Å². The Morgan fingerprint density at radius 1 is 1.37 bits per heavy atom. The summed E-state index contributed by atoms with van der Waals surface area (Å²) in [5.74, 6) is 1.69. The smallest absolute Gasteiger partial charge is 0.221 e. The van der Waals surface area contributed by atoms with Crippen LogP contribution in [0.5, 0.6) is 5.88 Å². The van der Waals surface area contributed by atoms with Gasteiger partial charge in [0.2, 0.25) is 5.88 Å². The van der Waals surface area contributed by atoms with E-state index >= 15 is 0 Å². The SMILES string of the molecule is CCOc1ncnc(N2CCC(C)(CN)CC2)c1C. The molecule has 0 radical (unpaired) electrons. The van der Waals surface area contributed by atoms with Gasteiger partial charge in [0.1, 0.15) is 12.1 Å². The molecule has 1 saturated heterocycles. The predicted molar refractivity (Wildman–Crippen MR) is 76.5 cm³/mol. The van der Waals surface area contributed by atoms with Crippen LogP contribution >= 0.6 is 0 Å². The van der Waals surface area contributed by atoms with Gasteiger partial charge in [-0.05, 0) is 38.6 Å². The average molecular weight is 264 g/mol. The van der Waals surface area contributed by atoms with Crippen LogP contribution in [0.2, 0.25) is 0 Å². The van der Waals surface area contributed by atoms with E-state index in [0.717, 1.165) is 43.9 Å². The Morgan fingerprint density at radius 2 is 2.05 bits per heavy atom. The van der Waals surface area contributed by atoms with E-state index in [9.17, 15) is 0 Å². The van der Waals surface area contributed by atoms with Crippen LogP contribution in [0.15, 0.2) is 6.33 Å². The molecule has 0 unspecified atom stereocenters. The normalized spacial score (nSPS) is 18.4. The Morgan fingerprint density at radius 3 is 2.63 bits per heavy atom. The standard InChI is InChI=1S/C14H24N4O/c1-4-19-13-11(2)12(16-10-17-13)18-7-5-14(3,9-15)6-8-18/h10H,4-9,15H2,1-3H3. The first kappa shape index (κ1) is 14.1. The molecule has 0 aromatic carbocycles. The highest BCUT2D eigenvalue weighted by atomic mass is 16.5. The highest BCUT2D eigenvalue weighted by molar-refractivity contribution is 5.50. The molecule has 0 bridgehead atoms. The second-order valence-corrected chi connectivity index (χ2v) is 5.56. The van der Waals surface area contributed by atoms with Crippen molar-refractivity contribution in [2.24, 2.45) is 11.1 Å². The molecule has 1 aromatic rings. The van der Waals surface area contributed by atoms with Crippen molar-refractivity contribution in [1.82, 2.24) is 9.97 Å². The maximum absolute atomic E-state index is 5.85. The summed E-state index contributed by atoms with van der Waals surface area (Å²) in [6.07, 6.45) is 3.80. The molecule has 1 fully saturated rings. The predicted octanol–water partition coefficient (Wildman–Crippen LogP) is 1.75. The molecular weight excluding hydrogens is 240 g/mol. The molecule has 2 heterocycles. The molecule has 0 saturated carbocycles. The van der Waals surface area contributed by atoms with Crippen molar-refractivity contribution in [3.05, 3.63) is 11.9 Å². The Kier molecular flexibility index (Phi) is 4.24. The van der Waals surface area contributed by atoms with Gasteiger partial charge in [-0.25, -0.2) is 9.97 Å². The number of hydrogen-bond acceptors (Lipinski definition) is 5. The minimum Gasteiger partial charge on any atom is -0.478 e. The van der Waals surface area contributed by atoms with E-state index in [1.807, 2.05) is 13.8 Å². The summed E-state index contributed by atoms with van der Waals surface area (Å²) in [7, 11) is 0. The van der Waals surface area contributed by atoms with Gasteiger partial charge >= 0.3 is 0 Å². The molecule has 0 spiro atoms. The van der Waals surface area contributed by atoms with E-state index in [1.54, 1.807) is 6.33 Å². The van der Waals surface area contributed by atoms with Crippen LogP contribution in [-0.4, -0.2) is 36.2 Å². The molecule has 1 aliphatic heterocycles. The zero-order chi connectivity index (χ0) is 13.9. The lowest BCUT2D eigenvalue weighted by molar-refractivity contribution is 0.257. The van der Waals surface area contributed by atoms with Gasteiger partial charge in [-0.2, -0.15) is 0 Å². The molecule has 2 N–H and O–H groups in total. The molecule has 2 rings (SSSR count). The number of ether oxygens (including phenoxy) is 1. The lowest BCUT2D eigenvalue weighted by atomic mass is 9.80. The van der Waals surface area contributed by atoms with E-state index in [0.29, 0.717) is 12.5 Å². The fraction of sp³-hybridized carbons (Fsp3) is 0.714. The van der Waals surface area contributed by atoms with Crippen molar-refractivity contribution in [2.45, 2.75) is 33.6 Å². The Hall–Kier alpha value is -1.36. The maximum Gasteiger partial charge on any atom is 0.221 e. The molecule has 19 heavy (non-hydrogen) atoms. The number of piperidine rings is 1. The number of rotatable bonds is 4.